The topological polar surface area (TPSA) is 60.5 Å². The molecule has 0 saturated carbocycles. The zero-order valence-corrected chi connectivity index (χ0v) is 17.8. The van der Waals surface area contributed by atoms with Crippen LogP contribution in [0.1, 0.15) is 30.2 Å². The Hall–Kier alpha value is -2.86. The Morgan fingerprint density at radius 2 is 1.86 bits per heavy atom. The van der Waals surface area contributed by atoms with E-state index in [9.17, 15) is 4.79 Å². The van der Waals surface area contributed by atoms with Gasteiger partial charge < -0.3 is 14.8 Å². The number of hydrogen-bond donors (Lipinski definition) is 1. The zero-order chi connectivity index (χ0) is 20.6. The summed E-state index contributed by atoms with van der Waals surface area (Å²) in [5.74, 6) is 1.62. The predicted molar refractivity (Wildman–Crippen MR) is 118 cm³/mol. The van der Waals surface area contributed by atoms with Crippen molar-refractivity contribution in [2.75, 3.05) is 18.5 Å². The summed E-state index contributed by atoms with van der Waals surface area (Å²) >= 11 is 1.48. The highest BCUT2D eigenvalue weighted by Gasteiger charge is 2.12. The Bertz CT molecular complexity index is 951. The van der Waals surface area contributed by atoms with Crippen molar-refractivity contribution in [3.63, 3.8) is 0 Å². The third-order valence-electron chi connectivity index (χ3n) is 4.29. The number of hydrogen-bond acceptors (Lipinski definition) is 5. The number of carbonyl (C=O) groups is 1. The summed E-state index contributed by atoms with van der Waals surface area (Å²) in [5.41, 5.74) is 3.05. The van der Waals surface area contributed by atoms with Gasteiger partial charge in [-0.25, -0.2) is 4.98 Å². The molecule has 0 fully saturated rings. The molecular formula is C23H26N2O3S. The number of nitrogens with zero attached hydrogens (tertiary/aromatic N) is 1. The molecule has 3 aromatic rings. The van der Waals surface area contributed by atoms with Gasteiger partial charge in [-0.3, -0.25) is 4.79 Å². The van der Waals surface area contributed by atoms with Crippen molar-refractivity contribution < 1.29 is 14.3 Å². The van der Waals surface area contributed by atoms with Crippen LogP contribution in [0.25, 0.3) is 11.3 Å². The van der Waals surface area contributed by atoms with Gasteiger partial charge in [0.2, 0.25) is 5.91 Å². The highest BCUT2D eigenvalue weighted by Crippen LogP contribution is 2.31. The number of nitrogens with one attached hydrogen (secondary N) is 1. The molecule has 0 aliphatic rings. The van der Waals surface area contributed by atoms with Crippen molar-refractivity contribution in [3.05, 3.63) is 59.0 Å². The molecule has 1 amide bonds. The quantitative estimate of drug-likeness (QED) is 0.465. The highest BCUT2D eigenvalue weighted by molar-refractivity contribution is 7.16. The summed E-state index contributed by atoms with van der Waals surface area (Å²) in [7, 11) is 0. The van der Waals surface area contributed by atoms with Crippen LogP contribution in [0.5, 0.6) is 11.5 Å². The average molecular weight is 411 g/mol. The summed E-state index contributed by atoms with van der Waals surface area (Å²) in [4.78, 5) is 17.9. The average Bonchev–Trinajstić information content (AvgIpc) is 3.06. The van der Waals surface area contributed by atoms with E-state index in [1.54, 1.807) is 0 Å². The largest absolute Gasteiger partial charge is 0.494 e. The fraction of sp³-hybridized carbons (Fsp3) is 0.304. The number of amides is 1. The molecule has 3 rings (SSSR count). The van der Waals surface area contributed by atoms with Gasteiger partial charge in [0, 0.05) is 16.9 Å². The van der Waals surface area contributed by atoms with Gasteiger partial charge >= 0.3 is 0 Å². The Morgan fingerprint density at radius 3 is 2.59 bits per heavy atom. The number of aryl methyl sites for hydroxylation is 2. The number of thiazole rings is 1. The van der Waals surface area contributed by atoms with E-state index < -0.39 is 0 Å². The van der Waals surface area contributed by atoms with E-state index in [-0.39, 0.29) is 5.91 Å². The molecule has 0 spiro atoms. The molecule has 0 aliphatic heterocycles. The summed E-state index contributed by atoms with van der Waals surface area (Å²) in [6.07, 6.45) is 1.04. The second-order valence-electron chi connectivity index (χ2n) is 6.70. The first kappa shape index (κ1) is 20.9. The predicted octanol–water partition coefficient (Wildman–Crippen LogP) is 5.62. The second kappa shape index (κ2) is 10.1. The minimum atomic E-state index is -0.0511. The molecule has 0 saturated heterocycles. The first-order valence-electron chi connectivity index (χ1n) is 9.75. The van der Waals surface area contributed by atoms with Gasteiger partial charge in [-0.1, -0.05) is 12.1 Å². The summed E-state index contributed by atoms with van der Waals surface area (Å²) in [6.45, 7) is 7.14. The molecule has 152 valence electrons. The van der Waals surface area contributed by atoms with E-state index in [1.807, 2.05) is 69.3 Å². The van der Waals surface area contributed by atoms with Crippen molar-refractivity contribution in [1.82, 2.24) is 4.98 Å². The maximum absolute atomic E-state index is 12.2. The molecule has 6 heteroatoms. The van der Waals surface area contributed by atoms with Crippen LogP contribution in [0.2, 0.25) is 0 Å². The maximum Gasteiger partial charge on any atom is 0.226 e. The molecule has 0 atom stereocenters. The Labute approximate surface area is 175 Å². The van der Waals surface area contributed by atoms with Crippen molar-refractivity contribution in [1.29, 1.82) is 0 Å². The lowest BCUT2D eigenvalue weighted by Gasteiger charge is -2.06. The van der Waals surface area contributed by atoms with Gasteiger partial charge in [0.25, 0.3) is 0 Å². The summed E-state index contributed by atoms with van der Waals surface area (Å²) < 4.78 is 11.2. The third-order valence-corrected chi connectivity index (χ3v) is 5.17. The molecule has 2 aromatic carbocycles. The maximum atomic E-state index is 12.2. The fourth-order valence-corrected chi connectivity index (χ4v) is 3.76. The van der Waals surface area contributed by atoms with Crippen LogP contribution < -0.4 is 14.8 Å². The van der Waals surface area contributed by atoms with Crippen molar-refractivity contribution in [2.24, 2.45) is 0 Å². The minimum Gasteiger partial charge on any atom is -0.494 e. The molecule has 5 nitrogen and oxygen atoms in total. The number of anilines is 1. The SMILES string of the molecule is CCOc1ccc(-c2nc(NC(=O)CCCOc3cccc(C)c3)sc2C)cc1. The molecule has 0 bridgehead atoms. The standard InChI is InChI=1S/C23H26N2O3S/c1-4-27-19-12-10-18(11-13-19)22-17(3)29-23(25-22)24-21(26)9-6-14-28-20-8-5-7-16(2)15-20/h5,7-8,10-13,15H,4,6,9,14H2,1-3H3,(H,24,25,26). The number of aromatic nitrogens is 1. The third kappa shape index (κ3) is 6.06. The van der Waals surface area contributed by atoms with Gasteiger partial charge in [0.15, 0.2) is 5.13 Å². The van der Waals surface area contributed by atoms with E-state index in [1.165, 1.54) is 11.3 Å². The zero-order valence-electron chi connectivity index (χ0n) is 17.0. The van der Waals surface area contributed by atoms with E-state index in [0.29, 0.717) is 31.2 Å². The van der Waals surface area contributed by atoms with E-state index in [4.69, 9.17) is 9.47 Å². The Balaban J connectivity index is 1.50. The minimum absolute atomic E-state index is 0.0511. The van der Waals surface area contributed by atoms with E-state index in [0.717, 1.165) is 33.2 Å². The molecule has 0 unspecified atom stereocenters. The van der Waals surface area contributed by atoms with Crippen molar-refractivity contribution >= 4 is 22.4 Å². The normalized spacial score (nSPS) is 10.6. The lowest BCUT2D eigenvalue weighted by atomic mass is 10.1. The van der Waals surface area contributed by atoms with Crippen LogP contribution in [0, 0.1) is 13.8 Å². The van der Waals surface area contributed by atoms with E-state index >= 15 is 0 Å². The highest BCUT2D eigenvalue weighted by atomic mass is 32.1. The smallest absolute Gasteiger partial charge is 0.226 e. The van der Waals surface area contributed by atoms with Crippen molar-refractivity contribution in [2.45, 2.75) is 33.6 Å². The molecule has 1 heterocycles. The van der Waals surface area contributed by atoms with Crippen molar-refractivity contribution in [3.8, 4) is 22.8 Å². The molecule has 0 aliphatic carbocycles. The Kier molecular flexibility index (Phi) is 7.25. The number of benzene rings is 2. The van der Waals surface area contributed by atoms with Gasteiger partial charge in [-0.05, 0) is 69.2 Å². The number of rotatable bonds is 9. The van der Waals surface area contributed by atoms with Crippen LogP contribution in [0.3, 0.4) is 0 Å². The lowest BCUT2D eigenvalue weighted by molar-refractivity contribution is -0.116. The first-order valence-corrected chi connectivity index (χ1v) is 10.6. The van der Waals surface area contributed by atoms with Crippen LogP contribution in [-0.2, 0) is 4.79 Å². The summed E-state index contributed by atoms with van der Waals surface area (Å²) in [6, 6.07) is 15.7. The van der Waals surface area contributed by atoms with Gasteiger partial charge in [-0.2, -0.15) is 0 Å². The first-order chi connectivity index (χ1) is 14.0. The van der Waals surface area contributed by atoms with Gasteiger partial charge in [0.05, 0.1) is 18.9 Å². The molecule has 1 aromatic heterocycles. The van der Waals surface area contributed by atoms with Crippen LogP contribution in [-0.4, -0.2) is 24.1 Å². The van der Waals surface area contributed by atoms with E-state index in [2.05, 4.69) is 10.3 Å². The molecular weight excluding hydrogens is 384 g/mol. The van der Waals surface area contributed by atoms with Crippen LogP contribution >= 0.6 is 11.3 Å². The van der Waals surface area contributed by atoms with Gasteiger partial charge in [0.1, 0.15) is 11.5 Å². The molecule has 29 heavy (non-hydrogen) atoms. The second-order valence-corrected chi connectivity index (χ2v) is 7.90. The number of carbonyl (C=O) groups excluding carboxylic acids is 1. The number of ether oxygens (including phenoxy) is 2. The molecule has 0 radical (unpaired) electrons. The van der Waals surface area contributed by atoms with Crippen LogP contribution in [0.4, 0.5) is 5.13 Å². The van der Waals surface area contributed by atoms with Gasteiger partial charge in [-0.15, -0.1) is 11.3 Å². The summed E-state index contributed by atoms with van der Waals surface area (Å²) in [5, 5.41) is 3.52. The lowest BCUT2D eigenvalue weighted by Crippen LogP contribution is -2.12. The monoisotopic (exact) mass is 410 g/mol. The molecule has 1 N–H and O–H groups in total. The fourth-order valence-electron chi connectivity index (χ4n) is 2.90. The van der Waals surface area contributed by atoms with Crippen LogP contribution in [0.15, 0.2) is 48.5 Å². The Morgan fingerprint density at radius 1 is 1.07 bits per heavy atom.